The lowest BCUT2D eigenvalue weighted by atomic mass is 10.4. The Bertz CT molecular complexity index is 91.7. The van der Waals surface area contributed by atoms with Gasteiger partial charge in [0.2, 0.25) is 6.23 Å². The Balaban J connectivity index is 2.42. The Morgan fingerprint density at radius 3 is 2.33 bits per heavy atom. The number of hydrogen-bond acceptors (Lipinski definition) is 2. The van der Waals surface area contributed by atoms with Crippen molar-refractivity contribution in [1.29, 1.82) is 0 Å². The van der Waals surface area contributed by atoms with E-state index in [0.29, 0.717) is 13.0 Å². The quantitative estimate of drug-likeness (QED) is 0.489. The average molecular weight is 131 g/mol. The summed E-state index contributed by atoms with van der Waals surface area (Å²) in [5.41, 5.74) is 0. The zero-order valence-electron chi connectivity index (χ0n) is 6.35. The van der Waals surface area contributed by atoms with E-state index < -0.39 is 0 Å². The molecule has 0 aromatic carbocycles. The van der Waals surface area contributed by atoms with Gasteiger partial charge < -0.3 is 9.22 Å². The van der Waals surface area contributed by atoms with Gasteiger partial charge in [-0.15, -0.1) is 0 Å². The number of nitrogens with one attached hydrogen (secondary N) is 1. The highest BCUT2D eigenvalue weighted by Gasteiger charge is 2.27. The van der Waals surface area contributed by atoms with E-state index >= 15 is 0 Å². The second kappa shape index (κ2) is 2.25. The van der Waals surface area contributed by atoms with Crippen LogP contribution >= 0.6 is 0 Å². The lowest BCUT2D eigenvalue weighted by molar-refractivity contribution is -0.915. The SMILES string of the molecule is C[N+](C)(C)C1CNCO1. The summed E-state index contributed by atoms with van der Waals surface area (Å²) in [5, 5.41) is 3.14. The van der Waals surface area contributed by atoms with E-state index in [1.54, 1.807) is 0 Å². The molecule has 1 aliphatic rings. The van der Waals surface area contributed by atoms with E-state index in [2.05, 4.69) is 26.5 Å². The normalized spacial score (nSPS) is 29.0. The maximum Gasteiger partial charge on any atom is 0.206 e. The molecule has 0 amide bonds. The van der Waals surface area contributed by atoms with E-state index in [0.717, 1.165) is 11.0 Å². The molecule has 1 aliphatic heterocycles. The fourth-order valence-corrected chi connectivity index (χ4v) is 0.894. The molecule has 1 atom stereocenters. The zero-order valence-corrected chi connectivity index (χ0v) is 6.35. The van der Waals surface area contributed by atoms with Gasteiger partial charge in [-0.25, -0.2) is 0 Å². The van der Waals surface area contributed by atoms with Gasteiger partial charge in [-0.3, -0.25) is 5.32 Å². The molecule has 9 heavy (non-hydrogen) atoms. The van der Waals surface area contributed by atoms with Gasteiger partial charge in [-0.1, -0.05) is 0 Å². The minimum Gasteiger partial charge on any atom is -0.313 e. The van der Waals surface area contributed by atoms with Crippen LogP contribution in [0.25, 0.3) is 0 Å². The van der Waals surface area contributed by atoms with Crippen LogP contribution in [-0.2, 0) is 4.74 Å². The van der Waals surface area contributed by atoms with Gasteiger partial charge in [0.05, 0.1) is 27.7 Å². The molecule has 3 nitrogen and oxygen atoms in total. The molecule has 1 N–H and O–H groups in total. The Morgan fingerprint density at radius 2 is 2.11 bits per heavy atom. The van der Waals surface area contributed by atoms with Crippen LogP contribution in [0.2, 0.25) is 0 Å². The molecule has 54 valence electrons. The van der Waals surface area contributed by atoms with E-state index in [4.69, 9.17) is 4.74 Å². The summed E-state index contributed by atoms with van der Waals surface area (Å²) in [6.45, 7) is 1.68. The van der Waals surface area contributed by atoms with Gasteiger partial charge in [0, 0.05) is 0 Å². The fraction of sp³-hybridized carbons (Fsp3) is 1.00. The summed E-state index contributed by atoms with van der Waals surface area (Å²) in [5.74, 6) is 0. The predicted molar refractivity (Wildman–Crippen MR) is 35.8 cm³/mol. The lowest BCUT2D eigenvalue weighted by Gasteiger charge is -2.29. The number of nitrogens with zero attached hydrogens (tertiary/aromatic N) is 1. The smallest absolute Gasteiger partial charge is 0.206 e. The van der Waals surface area contributed by atoms with Crippen molar-refractivity contribution in [2.75, 3.05) is 34.4 Å². The molecule has 1 fully saturated rings. The highest BCUT2D eigenvalue weighted by molar-refractivity contribution is 4.54. The van der Waals surface area contributed by atoms with Crippen LogP contribution in [0.4, 0.5) is 0 Å². The van der Waals surface area contributed by atoms with Crippen LogP contribution in [0, 0.1) is 0 Å². The average Bonchev–Trinajstić information content (AvgIpc) is 2.08. The van der Waals surface area contributed by atoms with Crippen molar-refractivity contribution < 1.29 is 9.22 Å². The van der Waals surface area contributed by atoms with Crippen LogP contribution in [-0.4, -0.2) is 45.1 Å². The third kappa shape index (κ3) is 1.64. The first-order valence-electron chi connectivity index (χ1n) is 3.24. The molecule has 1 unspecified atom stereocenters. The largest absolute Gasteiger partial charge is 0.313 e. The fourth-order valence-electron chi connectivity index (χ4n) is 0.894. The maximum absolute atomic E-state index is 5.38. The number of rotatable bonds is 1. The zero-order chi connectivity index (χ0) is 6.91. The van der Waals surface area contributed by atoms with Gasteiger partial charge >= 0.3 is 0 Å². The Labute approximate surface area is 56.2 Å². The third-order valence-electron chi connectivity index (χ3n) is 1.56. The Kier molecular flexibility index (Phi) is 1.75. The topological polar surface area (TPSA) is 21.3 Å². The lowest BCUT2D eigenvalue weighted by Crippen LogP contribution is -2.47. The highest BCUT2D eigenvalue weighted by Crippen LogP contribution is 2.06. The van der Waals surface area contributed by atoms with Gasteiger partial charge in [-0.05, 0) is 0 Å². The molecule has 0 saturated carbocycles. The van der Waals surface area contributed by atoms with E-state index in [1.165, 1.54) is 0 Å². The summed E-state index contributed by atoms with van der Waals surface area (Å²) in [4.78, 5) is 0. The first-order chi connectivity index (χ1) is 4.11. The predicted octanol–water partition coefficient (Wildman–Crippen LogP) is -0.404. The second-order valence-electron chi connectivity index (χ2n) is 3.34. The summed E-state index contributed by atoms with van der Waals surface area (Å²) in [7, 11) is 6.41. The van der Waals surface area contributed by atoms with Crippen LogP contribution in [0.5, 0.6) is 0 Å². The number of quaternary nitrogens is 1. The number of likely N-dealkylation sites (N-methyl/N-ethyl adjacent to an activating group) is 1. The first-order valence-corrected chi connectivity index (χ1v) is 3.24. The molecule has 1 saturated heterocycles. The van der Waals surface area contributed by atoms with Crippen molar-refractivity contribution in [3.05, 3.63) is 0 Å². The van der Waals surface area contributed by atoms with E-state index in [9.17, 15) is 0 Å². The Morgan fingerprint density at radius 1 is 1.44 bits per heavy atom. The summed E-state index contributed by atoms with van der Waals surface area (Å²) >= 11 is 0. The van der Waals surface area contributed by atoms with E-state index in [-0.39, 0.29) is 0 Å². The van der Waals surface area contributed by atoms with Crippen LogP contribution in [0.3, 0.4) is 0 Å². The van der Waals surface area contributed by atoms with Crippen molar-refractivity contribution in [1.82, 2.24) is 5.32 Å². The second-order valence-corrected chi connectivity index (χ2v) is 3.34. The van der Waals surface area contributed by atoms with Crippen LogP contribution < -0.4 is 5.32 Å². The number of ether oxygens (including phenoxy) is 1. The molecule has 1 heterocycles. The van der Waals surface area contributed by atoms with Gasteiger partial charge in [0.25, 0.3) is 0 Å². The summed E-state index contributed by atoms with van der Waals surface area (Å²) < 4.78 is 6.26. The molecule has 1 rings (SSSR count). The molecule has 0 aromatic rings. The van der Waals surface area contributed by atoms with Crippen LogP contribution in [0.1, 0.15) is 0 Å². The van der Waals surface area contributed by atoms with Crippen molar-refractivity contribution in [2.24, 2.45) is 0 Å². The summed E-state index contributed by atoms with van der Waals surface area (Å²) in [6, 6.07) is 0. The minimum atomic E-state index is 0.338. The number of hydrogen-bond donors (Lipinski definition) is 1. The van der Waals surface area contributed by atoms with Crippen molar-refractivity contribution in [3.8, 4) is 0 Å². The van der Waals surface area contributed by atoms with Crippen molar-refractivity contribution in [2.45, 2.75) is 6.23 Å². The Hall–Kier alpha value is -0.120. The monoisotopic (exact) mass is 131 g/mol. The standard InChI is InChI=1S/C6H15N2O/c1-8(2,3)6-4-7-5-9-6/h6-7H,4-5H2,1-3H3/q+1. The van der Waals surface area contributed by atoms with E-state index in [1.807, 2.05) is 0 Å². The molecule has 0 spiro atoms. The van der Waals surface area contributed by atoms with Gasteiger partial charge in [0.15, 0.2) is 0 Å². The molecule has 0 aliphatic carbocycles. The molecule has 0 radical (unpaired) electrons. The molecular formula is C6H15N2O+. The van der Waals surface area contributed by atoms with Gasteiger partial charge in [0.1, 0.15) is 6.73 Å². The molecular weight excluding hydrogens is 116 g/mol. The van der Waals surface area contributed by atoms with Gasteiger partial charge in [-0.2, -0.15) is 0 Å². The van der Waals surface area contributed by atoms with Crippen molar-refractivity contribution in [3.63, 3.8) is 0 Å². The summed E-state index contributed by atoms with van der Waals surface area (Å²) in [6.07, 6.45) is 0.338. The first kappa shape index (κ1) is 6.99. The maximum atomic E-state index is 5.38. The molecule has 0 bridgehead atoms. The third-order valence-corrected chi connectivity index (χ3v) is 1.56. The molecule has 0 aromatic heterocycles. The minimum absolute atomic E-state index is 0.338. The van der Waals surface area contributed by atoms with Crippen molar-refractivity contribution >= 4 is 0 Å². The molecule has 3 heteroatoms. The highest BCUT2D eigenvalue weighted by atomic mass is 16.5. The van der Waals surface area contributed by atoms with Crippen LogP contribution in [0.15, 0.2) is 0 Å².